The van der Waals surface area contributed by atoms with Crippen molar-refractivity contribution >= 4 is 5.97 Å². The molecule has 1 aliphatic carbocycles. The van der Waals surface area contributed by atoms with Crippen LogP contribution in [0.1, 0.15) is 49.3 Å². The summed E-state index contributed by atoms with van der Waals surface area (Å²) >= 11 is 0. The van der Waals surface area contributed by atoms with Gasteiger partial charge in [0.05, 0.1) is 0 Å². The summed E-state index contributed by atoms with van der Waals surface area (Å²) in [6, 6.07) is 19.2. The van der Waals surface area contributed by atoms with Crippen molar-refractivity contribution in [3.63, 3.8) is 0 Å². The maximum atomic E-state index is 12.9. The van der Waals surface area contributed by atoms with Gasteiger partial charge in [-0.25, -0.2) is 0 Å². The van der Waals surface area contributed by atoms with Crippen LogP contribution in [0.3, 0.4) is 0 Å². The number of carbonyl (C=O) groups is 1. The van der Waals surface area contributed by atoms with Crippen LogP contribution >= 0.6 is 0 Å². The van der Waals surface area contributed by atoms with Crippen molar-refractivity contribution in [3.8, 4) is 0 Å². The molecule has 0 aromatic heterocycles. The highest BCUT2D eigenvalue weighted by Gasteiger charge is 2.67. The Bertz CT molecular complexity index is 719. The van der Waals surface area contributed by atoms with Crippen LogP contribution in [0.4, 0.5) is 0 Å². The number of hydrogen-bond acceptors (Lipinski definition) is 3. The van der Waals surface area contributed by atoms with Gasteiger partial charge in [0.25, 0.3) is 0 Å². The summed E-state index contributed by atoms with van der Waals surface area (Å²) in [6.45, 7) is 0. The normalized spacial score (nSPS) is 28.7. The van der Waals surface area contributed by atoms with E-state index in [1.54, 1.807) is 0 Å². The van der Waals surface area contributed by atoms with Gasteiger partial charge in [0.1, 0.15) is 11.0 Å². The summed E-state index contributed by atoms with van der Waals surface area (Å²) in [7, 11) is 0. The average molecular weight is 322 g/mol. The largest absolute Gasteiger partial charge is 0.453 e. The topological polar surface area (TPSA) is 46.5 Å². The number of carbonyl (C=O) groups excluding carboxylic acids is 1. The predicted octanol–water partition coefficient (Wildman–Crippen LogP) is 4.12. The van der Waals surface area contributed by atoms with Crippen molar-refractivity contribution in [3.05, 3.63) is 71.8 Å². The van der Waals surface area contributed by atoms with Crippen LogP contribution in [0.15, 0.2) is 60.7 Å². The second-order valence-corrected chi connectivity index (χ2v) is 6.97. The second-order valence-electron chi connectivity index (χ2n) is 6.97. The number of hydrogen-bond donors (Lipinski definition) is 1. The van der Waals surface area contributed by atoms with Crippen LogP contribution in [0.25, 0.3) is 0 Å². The Morgan fingerprint density at radius 3 is 2.08 bits per heavy atom. The fourth-order valence-electron chi connectivity index (χ4n) is 4.51. The molecule has 124 valence electrons. The molecule has 1 N–H and O–H groups in total. The first kappa shape index (κ1) is 15.4. The molecule has 0 amide bonds. The van der Waals surface area contributed by atoms with Crippen LogP contribution < -0.4 is 0 Å². The van der Waals surface area contributed by atoms with E-state index in [2.05, 4.69) is 0 Å². The van der Waals surface area contributed by atoms with E-state index < -0.39 is 17.1 Å². The minimum atomic E-state index is -1.33. The highest BCUT2D eigenvalue weighted by atomic mass is 16.6. The molecule has 24 heavy (non-hydrogen) atoms. The number of ether oxygens (including phenoxy) is 1. The number of esters is 1. The molecule has 2 aliphatic rings. The van der Waals surface area contributed by atoms with Gasteiger partial charge in [0.15, 0.2) is 6.10 Å². The maximum Gasteiger partial charge on any atom is 0.316 e. The molecule has 1 heterocycles. The smallest absolute Gasteiger partial charge is 0.316 e. The van der Waals surface area contributed by atoms with Crippen molar-refractivity contribution in [1.82, 2.24) is 0 Å². The molecule has 1 aliphatic heterocycles. The SMILES string of the molecule is O=C1O[C@H](c2ccccc2)[C@](O)(c2ccccc2)C12CCCCC2. The van der Waals surface area contributed by atoms with Crippen LogP contribution in [0.2, 0.25) is 0 Å². The predicted molar refractivity (Wildman–Crippen MR) is 91.1 cm³/mol. The minimum absolute atomic E-state index is 0.248. The van der Waals surface area contributed by atoms with Crippen LogP contribution in [0, 0.1) is 5.41 Å². The van der Waals surface area contributed by atoms with E-state index in [1.165, 1.54) is 0 Å². The molecule has 1 saturated carbocycles. The summed E-state index contributed by atoms with van der Waals surface area (Å²) in [5.74, 6) is -0.248. The minimum Gasteiger partial charge on any atom is -0.453 e. The van der Waals surface area contributed by atoms with Gasteiger partial charge in [-0.2, -0.15) is 0 Å². The van der Waals surface area contributed by atoms with Crippen molar-refractivity contribution in [2.75, 3.05) is 0 Å². The molecule has 2 aromatic rings. The van der Waals surface area contributed by atoms with Gasteiger partial charge in [-0.3, -0.25) is 4.79 Å². The second kappa shape index (κ2) is 5.75. The van der Waals surface area contributed by atoms with E-state index in [1.807, 2.05) is 60.7 Å². The number of benzene rings is 2. The van der Waals surface area contributed by atoms with Crippen LogP contribution in [0.5, 0.6) is 0 Å². The fourth-order valence-corrected chi connectivity index (χ4v) is 4.51. The van der Waals surface area contributed by atoms with Crippen molar-refractivity contribution in [2.45, 2.75) is 43.8 Å². The molecule has 4 rings (SSSR count). The Balaban J connectivity index is 1.91. The number of aliphatic hydroxyl groups is 1. The maximum absolute atomic E-state index is 12.9. The van der Waals surface area contributed by atoms with E-state index in [0.29, 0.717) is 12.8 Å². The molecule has 3 nitrogen and oxygen atoms in total. The van der Waals surface area contributed by atoms with Gasteiger partial charge < -0.3 is 9.84 Å². The monoisotopic (exact) mass is 322 g/mol. The van der Waals surface area contributed by atoms with Gasteiger partial charge >= 0.3 is 5.97 Å². The molecule has 0 unspecified atom stereocenters. The molecule has 2 aromatic carbocycles. The lowest BCUT2D eigenvalue weighted by molar-refractivity contribution is -0.152. The lowest BCUT2D eigenvalue weighted by atomic mass is 9.60. The van der Waals surface area contributed by atoms with E-state index in [-0.39, 0.29) is 5.97 Å². The highest BCUT2D eigenvalue weighted by molar-refractivity contribution is 5.82. The quantitative estimate of drug-likeness (QED) is 0.846. The van der Waals surface area contributed by atoms with E-state index in [9.17, 15) is 9.90 Å². The summed E-state index contributed by atoms with van der Waals surface area (Å²) in [6.07, 6.45) is 3.71. The molecule has 1 spiro atoms. The number of cyclic esters (lactones) is 1. The Morgan fingerprint density at radius 1 is 0.875 bits per heavy atom. The first-order valence-corrected chi connectivity index (χ1v) is 8.72. The first-order valence-electron chi connectivity index (χ1n) is 8.72. The fraction of sp³-hybridized carbons (Fsp3) is 0.381. The zero-order chi connectivity index (χ0) is 16.6. The standard InChI is InChI=1S/C21H22O3/c22-19-20(14-8-3-9-15-20)21(23,17-12-6-2-7-13-17)18(24-19)16-10-4-1-5-11-16/h1-2,4-7,10-13,18,23H,3,8-9,14-15H2/t18-,21-/m1/s1. The van der Waals surface area contributed by atoms with Gasteiger partial charge in [-0.1, -0.05) is 79.9 Å². The lowest BCUT2D eigenvalue weighted by Crippen LogP contribution is -2.48. The third-order valence-corrected chi connectivity index (χ3v) is 5.75. The number of rotatable bonds is 2. The van der Waals surface area contributed by atoms with E-state index >= 15 is 0 Å². The third kappa shape index (κ3) is 2.04. The van der Waals surface area contributed by atoms with Gasteiger partial charge in [-0.15, -0.1) is 0 Å². The Hall–Kier alpha value is -2.13. The Labute approximate surface area is 142 Å². The van der Waals surface area contributed by atoms with E-state index in [0.717, 1.165) is 30.4 Å². The zero-order valence-electron chi connectivity index (χ0n) is 13.7. The first-order chi connectivity index (χ1) is 11.7. The van der Waals surface area contributed by atoms with E-state index in [4.69, 9.17) is 4.74 Å². The van der Waals surface area contributed by atoms with Crippen molar-refractivity contribution in [1.29, 1.82) is 0 Å². The van der Waals surface area contributed by atoms with Gasteiger partial charge in [0.2, 0.25) is 0 Å². The van der Waals surface area contributed by atoms with Gasteiger partial charge in [-0.05, 0) is 24.0 Å². The average Bonchev–Trinajstić information content (AvgIpc) is 2.87. The molecule has 0 bridgehead atoms. The van der Waals surface area contributed by atoms with Crippen LogP contribution in [-0.4, -0.2) is 11.1 Å². The van der Waals surface area contributed by atoms with Crippen LogP contribution in [-0.2, 0) is 15.1 Å². The molecular weight excluding hydrogens is 300 g/mol. The Kier molecular flexibility index (Phi) is 3.69. The van der Waals surface area contributed by atoms with Crippen molar-refractivity contribution in [2.24, 2.45) is 5.41 Å². The highest BCUT2D eigenvalue weighted by Crippen LogP contribution is 2.61. The molecule has 2 atom stereocenters. The lowest BCUT2D eigenvalue weighted by Gasteiger charge is -2.43. The molecule has 3 heteroatoms. The van der Waals surface area contributed by atoms with Gasteiger partial charge in [0, 0.05) is 0 Å². The third-order valence-electron chi connectivity index (χ3n) is 5.75. The summed E-state index contributed by atoms with van der Waals surface area (Å²) in [4.78, 5) is 12.9. The zero-order valence-corrected chi connectivity index (χ0v) is 13.7. The molecule has 2 fully saturated rings. The summed E-state index contributed by atoms with van der Waals surface area (Å²) in [5, 5.41) is 12.0. The Morgan fingerprint density at radius 2 is 1.46 bits per heavy atom. The molecular formula is C21H22O3. The molecule has 1 saturated heterocycles. The van der Waals surface area contributed by atoms with Crippen molar-refractivity contribution < 1.29 is 14.6 Å². The summed E-state index contributed by atoms with van der Waals surface area (Å²) < 4.78 is 5.82. The summed E-state index contributed by atoms with van der Waals surface area (Å²) in [5.41, 5.74) is -0.550. The molecule has 0 radical (unpaired) electrons.